The minimum atomic E-state index is -0.955. The first-order chi connectivity index (χ1) is 8.97. The van der Waals surface area contributed by atoms with E-state index in [1.165, 1.54) is 22.9 Å². The second kappa shape index (κ2) is 5.58. The Kier molecular flexibility index (Phi) is 4.06. The summed E-state index contributed by atoms with van der Waals surface area (Å²) < 4.78 is 15.1. The average molecular weight is 302 g/mol. The Hall–Kier alpha value is -1.60. The molecule has 19 heavy (non-hydrogen) atoms. The average Bonchev–Trinajstić information content (AvgIpc) is 2.71. The van der Waals surface area contributed by atoms with Crippen molar-refractivity contribution in [1.82, 2.24) is 14.8 Å². The van der Waals surface area contributed by atoms with Crippen LogP contribution in [0.15, 0.2) is 23.4 Å². The molecule has 1 N–H and O–H groups in total. The Bertz CT molecular complexity index is 632. The van der Waals surface area contributed by atoms with Crippen LogP contribution in [0, 0.1) is 5.82 Å². The number of aliphatic carboxylic acids is 1. The Morgan fingerprint density at radius 3 is 3.00 bits per heavy atom. The number of benzene rings is 1. The van der Waals surface area contributed by atoms with Gasteiger partial charge in [0, 0.05) is 12.1 Å². The zero-order chi connectivity index (χ0) is 14.0. The summed E-state index contributed by atoms with van der Waals surface area (Å²) in [6.07, 6.45) is 0. The van der Waals surface area contributed by atoms with Gasteiger partial charge in [0.15, 0.2) is 11.0 Å². The molecule has 0 saturated carbocycles. The maximum atomic E-state index is 13.7. The molecule has 100 valence electrons. The standard InChI is InChI=1S/C11H9ClFN3O2S/c1-16-11(19-5-9(17)18)14-10(15-16)7-4-6(12)2-3-8(7)13/h2-4H,5H2,1H3,(H,17,18). The van der Waals surface area contributed by atoms with Crippen molar-refractivity contribution in [2.45, 2.75) is 5.16 Å². The maximum Gasteiger partial charge on any atom is 0.313 e. The summed E-state index contributed by atoms with van der Waals surface area (Å²) in [5.41, 5.74) is 0.185. The third kappa shape index (κ3) is 3.24. The van der Waals surface area contributed by atoms with Gasteiger partial charge in [-0.25, -0.2) is 14.1 Å². The van der Waals surface area contributed by atoms with E-state index in [1.807, 2.05) is 0 Å². The van der Waals surface area contributed by atoms with Crippen molar-refractivity contribution in [3.8, 4) is 11.4 Å². The molecule has 0 radical (unpaired) electrons. The molecule has 0 aliphatic carbocycles. The summed E-state index contributed by atoms with van der Waals surface area (Å²) in [6.45, 7) is 0. The topological polar surface area (TPSA) is 68.0 Å². The summed E-state index contributed by atoms with van der Waals surface area (Å²) in [4.78, 5) is 14.6. The van der Waals surface area contributed by atoms with Crippen LogP contribution in [0.3, 0.4) is 0 Å². The van der Waals surface area contributed by atoms with Crippen molar-refractivity contribution in [3.63, 3.8) is 0 Å². The van der Waals surface area contributed by atoms with E-state index >= 15 is 0 Å². The Morgan fingerprint density at radius 1 is 1.58 bits per heavy atom. The Labute approximate surface area is 117 Å². The van der Waals surface area contributed by atoms with Gasteiger partial charge in [-0.1, -0.05) is 23.4 Å². The number of hydrogen-bond acceptors (Lipinski definition) is 4. The highest BCUT2D eigenvalue weighted by Crippen LogP contribution is 2.25. The van der Waals surface area contributed by atoms with Crippen molar-refractivity contribution in [2.24, 2.45) is 7.05 Å². The van der Waals surface area contributed by atoms with Gasteiger partial charge in [0.05, 0.1) is 11.3 Å². The molecule has 0 saturated heterocycles. The molecule has 0 aliphatic rings. The van der Waals surface area contributed by atoms with Gasteiger partial charge in [0.1, 0.15) is 5.82 Å². The van der Waals surface area contributed by atoms with Gasteiger partial charge in [-0.3, -0.25) is 4.79 Å². The number of halogens is 2. The molecule has 1 aromatic heterocycles. The van der Waals surface area contributed by atoms with Crippen LogP contribution < -0.4 is 0 Å². The van der Waals surface area contributed by atoms with Crippen LogP contribution in [-0.2, 0) is 11.8 Å². The number of hydrogen-bond donors (Lipinski definition) is 1. The fourth-order valence-corrected chi connectivity index (χ4v) is 2.21. The molecule has 0 amide bonds. The van der Waals surface area contributed by atoms with Crippen LogP contribution in [0.5, 0.6) is 0 Å². The number of rotatable bonds is 4. The second-order valence-electron chi connectivity index (χ2n) is 3.65. The first-order valence-corrected chi connectivity index (χ1v) is 6.55. The minimum absolute atomic E-state index is 0.135. The van der Waals surface area contributed by atoms with Gasteiger partial charge < -0.3 is 5.11 Å². The van der Waals surface area contributed by atoms with Crippen molar-refractivity contribution in [1.29, 1.82) is 0 Å². The molecule has 8 heteroatoms. The van der Waals surface area contributed by atoms with E-state index < -0.39 is 11.8 Å². The van der Waals surface area contributed by atoms with E-state index in [0.717, 1.165) is 11.8 Å². The number of carboxylic acid groups (broad SMARTS) is 1. The van der Waals surface area contributed by atoms with Crippen molar-refractivity contribution >= 4 is 29.3 Å². The fraction of sp³-hybridized carbons (Fsp3) is 0.182. The van der Waals surface area contributed by atoms with E-state index in [0.29, 0.717) is 10.2 Å². The molecule has 0 unspecified atom stereocenters. The highest BCUT2D eigenvalue weighted by atomic mass is 35.5. The molecule has 0 aliphatic heterocycles. The van der Waals surface area contributed by atoms with Gasteiger partial charge in [-0.2, -0.15) is 5.10 Å². The van der Waals surface area contributed by atoms with Gasteiger partial charge >= 0.3 is 5.97 Å². The van der Waals surface area contributed by atoms with Crippen LogP contribution in [-0.4, -0.2) is 31.6 Å². The number of nitrogens with zero attached hydrogens (tertiary/aromatic N) is 3. The number of aromatic nitrogens is 3. The fourth-order valence-electron chi connectivity index (χ4n) is 1.41. The SMILES string of the molecule is Cn1nc(-c2cc(Cl)ccc2F)nc1SCC(=O)O. The number of aryl methyl sites for hydroxylation is 1. The summed E-state index contributed by atoms with van der Waals surface area (Å²) in [7, 11) is 1.61. The first kappa shape index (κ1) is 13.8. The predicted octanol–water partition coefficient (Wildman–Crippen LogP) is 2.45. The molecule has 2 rings (SSSR count). The normalized spacial score (nSPS) is 10.7. The van der Waals surface area contributed by atoms with Crippen LogP contribution >= 0.6 is 23.4 Å². The lowest BCUT2D eigenvalue weighted by Crippen LogP contribution is -2.00. The lowest BCUT2D eigenvalue weighted by Gasteiger charge is -1.98. The van der Waals surface area contributed by atoms with E-state index in [4.69, 9.17) is 16.7 Å². The third-order valence-electron chi connectivity index (χ3n) is 2.22. The van der Waals surface area contributed by atoms with Crippen molar-refractivity contribution in [2.75, 3.05) is 5.75 Å². The molecule has 1 heterocycles. The smallest absolute Gasteiger partial charge is 0.313 e. The Balaban J connectivity index is 2.33. The molecule has 5 nitrogen and oxygen atoms in total. The summed E-state index contributed by atoms with van der Waals surface area (Å²) in [5, 5.41) is 13.4. The van der Waals surface area contributed by atoms with E-state index in [-0.39, 0.29) is 17.1 Å². The summed E-state index contributed by atoms with van der Waals surface area (Å²) in [6, 6.07) is 4.10. The van der Waals surface area contributed by atoms with Gasteiger partial charge in [-0.15, -0.1) is 0 Å². The Morgan fingerprint density at radius 2 is 2.32 bits per heavy atom. The first-order valence-electron chi connectivity index (χ1n) is 5.18. The van der Waals surface area contributed by atoms with E-state index in [9.17, 15) is 9.18 Å². The molecule has 0 bridgehead atoms. The minimum Gasteiger partial charge on any atom is -0.481 e. The highest BCUT2D eigenvalue weighted by Gasteiger charge is 2.14. The van der Waals surface area contributed by atoms with Crippen LogP contribution in [0.4, 0.5) is 4.39 Å². The zero-order valence-corrected chi connectivity index (χ0v) is 11.4. The van der Waals surface area contributed by atoms with Crippen molar-refractivity contribution in [3.05, 3.63) is 29.0 Å². The third-order valence-corrected chi connectivity index (χ3v) is 3.46. The number of thioether (sulfide) groups is 1. The largest absolute Gasteiger partial charge is 0.481 e. The lowest BCUT2D eigenvalue weighted by atomic mass is 10.2. The molecular formula is C11H9ClFN3O2S. The van der Waals surface area contributed by atoms with E-state index in [1.54, 1.807) is 7.05 Å². The summed E-state index contributed by atoms with van der Waals surface area (Å²) in [5.74, 6) is -1.40. The van der Waals surface area contributed by atoms with Gasteiger partial charge in [-0.05, 0) is 18.2 Å². The monoisotopic (exact) mass is 301 g/mol. The quantitative estimate of drug-likeness (QED) is 0.879. The van der Waals surface area contributed by atoms with E-state index in [2.05, 4.69) is 10.1 Å². The van der Waals surface area contributed by atoms with Gasteiger partial charge in [0.25, 0.3) is 0 Å². The van der Waals surface area contributed by atoms with Crippen LogP contribution in [0.1, 0.15) is 0 Å². The van der Waals surface area contributed by atoms with Gasteiger partial charge in [0.2, 0.25) is 0 Å². The maximum absolute atomic E-state index is 13.7. The molecule has 2 aromatic rings. The number of carboxylic acids is 1. The van der Waals surface area contributed by atoms with Crippen LogP contribution in [0.25, 0.3) is 11.4 Å². The zero-order valence-electron chi connectivity index (χ0n) is 9.80. The molecule has 1 aromatic carbocycles. The molecule has 0 fully saturated rings. The highest BCUT2D eigenvalue weighted by molar-refractivity contribution is 7.99. The predicted molar refractivity (Wildman–Crippen MR) is 69.8 cm³/mol. The van der Waals surface area contributed by atoms with Crippen molar-refractivity contribution < 1.29 is 14.3 Å². The molecule has 0 spiro atoms. The molecular weight excluding hydrogens is 293 g/mol. The summed E-state index contributed by atoms with van der Waals surface area (Å²) >= 11 is 6.82. The van der Waals surface area contributed by atoms with Crippen LogP contribution in [0.2, 0.25) is 5.02 Å². The number of carbonyl (C=O) groups is 1. The molecule has 0 atom stereocenters. The second-order valence-corrected chi connectivity index (χ2v) is 5.03. The lowest BCUT2D eigenvalue weighted by molar-refractivity contribution is -0.133.